The Morgan fingerprint density at radius 1 is 1.05 bits per heavy atom. The second kappa shape index (κ2) is 6.15. The van der Waals surface area contributed by atoms with Gasteiger partial charge in [-0.2, -0.15) is 5.26 Å². The molecule has 112 valence electrons. The molecule has 0 amide bonds. The van der Waals surface area contributed by atoms with Crippen LogP contribution in [0.5, 0.6) is 0 Å². The summed E-state index contributed by atoms with van der Waals surface area (Å²) in [6.45, 7) is 0.955. The lowest BCUT2D eigenvalue weighted by molar-refractivity contribution is 0.0572. The zero-order valence-electron chi connectivity index (χ0n) is 12.1. The van der Waals surface area contributed by atoms with Crippen LogP contribution >= 0.6 is 0 Å². The van der Waals surface area contributed by atoms with Crippen LogP contribution in [0.4, 0.5) is 0 Å². The van der Waals surface area contributed by atoms with Gasteiger partial charge < -0.3 is 10.2 Å². The van der Waals surface area contributed by atoms with Crippen molar-refractivity contribution in [2.24, 2.45) is 5.92 Å². The predicted octanol–water partition coefficient (Wildman–Crippen LogP) is 1.50. The van der Waals surface area contributed by atoms with E-state index in [9.17, 15) is 15.5 Å². The Morgan fingerprint density at radius 2 is 1.71 bits per heavy atom. The van der Waals surface area contributed by atoms with Gasteiger partial charge in [-0.05, 0) is 30.7 Å². The maximum absolute atomic E-state index is 9.77. The van der Waals surface area contributed by atoms with Crippen LogP contribution in [0.15, 0.2) is 30.3 Å². The standard InChI is InChI=1S/C17H22N2O2/c18-9-14-7-6-13(12-4-2-1-3-5-12)8-15(14)19-10-16(20)17(21)11-19/h1-5,13-17,20-21H,6-8,10-11H2. The molecule has 1 aromatic rings. The predicted molar refractivity (Wildman–Crippen MR) is 79.5 cm³/mol. The summed E-state index contributed by atoms with van der Waals surface area (Å²) in [6, 6.07) is 13.0. The molecule has 0 aromatic heterocycles. The van der Waals surface area contributed by atoms with Gasteiger partial charge in [0.15, 0.2) is 0 Å². The van der Waals surface area contributed by atoms with E-state index in [2.05, 4.69) is 35.2 Å². The highest BCUT2D eigenvalue weighted by atomic mass is 16.3. The smallest absolute Gasteiger partial charge is 0.0938 e. The average Bonchev–Trinajstić information content (AvgIpc) is 2.87. The van der Waals surface area contributed by atoms with Crippen molar-refractivity contribution in [2.45, 2.75) is 43.4 Å². The lowest BCUT2D eigenvalue weighted by Crippen LogP contribution is -2.43. The molecule has 5 unspecified atom stereocenters. The van der Waals surface area contributed by atoms with Crippen molar-refractivity contribution in [3.05, 3.63) is 35.9 Å². The van der Waals surface area contributed by atoms with E-state index in [0.717, 1.165) is 19.3 Å². The number of rotatable bonds is 2. The number of hydrogen-bond donors (Lipinski definition) is 2. The van der Waals surface area contributed by atoms with Gasteiger partial charge in [0.05, 0.1) is 24.2 Å². The Hall–Kier alpha value is -1.41. The van der Waals surface area contributed by atoms with E-state index in [0.29, 0.717) is 19.0 Å². The molecule has 0 bridgehead atoms. The highest BCUT2D eigenvalue weighted by Crippen LogP contribution is 2.39. The molecule has 5 atom stereocenters. The van der Waals surface area contributed by atoms with Crippen LogP contribution in [-0.4, -0.2) is 46.5 Å². The third-order valence-corrected chi connectivity index (χ3v) is 5.01. The quantitative estimate of drug-likeness (QED) is 0.864. The number of hydrogen-bond acceptors (Lipinski definition) is 4. The Bertz CT molecular complexity index is 503. The van der Waals surface area contributed by atoms with Crippen molar-refractivity contribution in [3.8, 4) is 6.07 Å². The van der Waals surface area contributed by atoms with Crippen molar-refractivity contribution in [2.75, 3.05) is 13.1 Å². The fourth-order valence-corrected chi connectivity index (χ4v) is 3.80. The van der Waals surface area contributed by atoms with E-state index >= 15 is 0 Å². The van der Waals surface area contributed by atoms with Crippen LogP contribution in [0, 0.1) is 17.2 Å². The second-order valence-corrected chi connectivity index (χ2v) is 6.31. The van der Waals surface area contributed by atoms with Crippen LogP contribution in [0.25, 0.3) is 0 Å². The molecule has 1 aliphatic heterocycles. The van der Waals surface area contributed by atoms with E-state index < -0.39 is 12.2 Å². The Balaban J connectivity index is 1.75. The summed E-state index contributed by atoms with van der Waals surface area (Å²) < 4.78 is 0. The lowest BCUT2D eigenvalue weighted by Gasteiger charge is -2.38. The maximum atomic E-state index is 9.77. The van der Waals surface area contributed by atoms with Gasteiger partial charge in [0.25, 0.3) is 0 Å². The average molecular weight is 286 g/mol. The third-order valence-electron chi connectivity index (χ3n) is 5.01. The summed E-state index contributed by atoms with van der Waals surface area (Å²) in [5.41, 5.74) is 1.33. The van der Waals surface area contributed by atoms with E-state index in [1.807, 2.05) is 6.07 Å². The fraction of sp³-hybridized carbons (Fsp3) is 0.588. The monoisotopic (exact) mass is 286 g/mol. The Labute approximate surface area is 125 Å². The normalized spacial score (nSPS) is 37.3. The van der Waals surface area contributed by atoms with E-state index in [1.165, 1.54) is 5.56 Å². The minimum Gasteiger partial charge on any atom is -0.389 e. The Kier molecular flexibility index (Phi) is 4.25. The fourth-order valence-electron chi connectivity index (χ4n) is 3.80. The van der Waals surface area contributed by atoms with Crippen LogP contribution in [0.3, 0.4) is 0 Å². The summed E-state index contributed by atoms with van der Waals surface area (Å²) in [5, 5.41) is 28.9. The van der Waals surface area contributed by atoms with Gasteiger partial charge in [0.2, 0.25) is 0 Å². The van der Waals surface area contributed by atoms with Crippen LogP contribution in [0.2, 0.25) is 0 Å². The minimum atomic E-state index is -0.679. The van der Waals surface area contributed by atoms with Crippen molar-refractivity contribution < 1.29 is 10.2 Å². The third kappa shape index (κ3) is 2.96. The first-order valence-corrected chi connectivity index (χ1v) is 7.73. The first kappa shape index (κ1) is 14.5. The van der Waals surface area contributed by atoms with Crippen LogP contribution in [0.1, 0.15) is 30.7 Å². The molecular formula is C17H22N2O2. The molecule has 0 radical (unpaired) electrons. The second-order valence-electron chi connectivity index (χ2n) is 6.31. The number of aliphatic hydroxyl groups excluding tert-OH is 2. The molecule has 1 heterocycles. The SMILES string of the molecule is N#CC1CCC(c2ccccc2)CC1N1CC(O)C(O)C1. The molecular weight excluding hydrogens is 264 g/mol. The highest BCUT2D eigenvalue weighted by Gasteiger charge is 2.40. The zero-order valence-corrected chi connectivity index (χ0v) is 12.1. The number of nitrogens with zero attached hydrogens (tertiary/aromatic N) is 2. The van der Waals surface area contributed by atoms with E-state index in [1.54, 1.807) is 0 Å². The number of benzene rings is 1. The van der Waals surface area contributed by atoms with Gasteiger partial charge >= 0.3 is 0 Å². The summed E-state index contributed by atoms with van der Waals surface area (Å²) in [4.78, 5) is 2.11. The first-order valence-electron chi connectivity index (χ1n) is 7.73. The summed E-state index contributed by atoms with van der Waals surface area (Å²) in [5.74, 6) is 0.471. The largest absolute Gasteiger partial charge is 0.389 e. The molecule has 21 heavy (non-hydrogen) atoms. The zero-order chi connectivity index (χ0) is 14.8. The molecule has 2 fully saturated rings. The molecule has 1 aliphatic carbocycles. The van der Waals surface area contributed by atoms with Gasteiger partial charge in [-0.3, -0.25) is 4.90 Å². The maximum Gasteiger partial charge on any atom is 0.0938 e. The summed E-state index contributed by atoms with van der Waals surface area (Å²) in [7, 11) is 0. The molecule has 1 saturated carbocycles. The number of likely N-dealkylation sites (tertiary alicyclic amines) is 1. The molecule has 4 nitrogen and oxygen atoms in total. The van der Waals surface area contributed by atoms with Crippen molar-refractivity contribution in [3.63, 3.8) is 0 Å². The van der Waals surface area contributed by atoms with Crippen molar-refractivity contribution in [1.29, 1.82) is 5.26 Å². The summed E-state index contributed by atoms with van der Waals surface area (Å²) >= 11 is 0. The van der Waals surface area contributed by atoms with Gasteiger partial charge in [0, 0.05) is 19.1 Å². The summed E-state index contributed by atoms with van der Waals surface area (Å²) in [6.07, 6.45) is 1.51. The molecule has 0 spiro atoms. The molecule has 1 aromatic carbocycles. The van der Waals surface area contributed by atoms with E-state index in [-0.39, 0.29) is 12.0 Å². The van der Waals surface area contributed by atoms with Gasteiger partial charge in [-0.1, -0.05) is 30.3 Å². The number of aliphatic hydroxyl groups is 2. The molecule has 1 saturated heterocycles. The minimum absolute atomic E-state index is 0.00228. The van der Waals surface area contributed by atoms with Gasteiger partial charge in [0.1, 0.15) is 0 Å². The molecule has 4 heteroatoms. The molecule has 3 rings (SSSR count). The van der Waals surface area contributed by atoms with E-state index in [4.69, 9.17) is 0 Å². The van der Waals surface area contributed by atoms with Crippen LogP contribution in [-0.2, 0) is 0 Å². The number of nitriles is 1. The lowest BCUT2D eigenvalue weighted by atomic mass is 9.75. The Morgan fingerprint density at radius 3 is 2.33 bits per heavy atom. The van der Waals surface area contributed by atoms with Gasteiger partial charge in [-0.15, -0.1) is 0 Å². The number of β-amino-alcohol motifs (C(OH)–C–C–N with tert-alkyl or cyclic N) is 2. The molecule has 2 N–H and O–H groups in total. The highest BCUT2D eigenvalue weighted by molar-refractivity contribution is 5.21. The topological polar surface area (TPSA) is 67.5 Å². The molecule has 2 aliphatic rings. The first-order chi connectivity index (χ1) is 10.2. The van der Waals surface area contributed by atoms with Crippen molar-refractivity contribution >= 4 is 0 Å². The van der Waals surface area contributed by atoms with Crippen LogP contribution < -0.4 is 0 Å². The van der Waals surface area contributed by atoms with Gasteiger partial charge in [-0.25, -0.2) is 0 Å². The van der Waals surface area contributed by atoms with Crippen molar-refractivity contribution in [1.82, 2.24) is 4.90 Å².